The fourth-order valence-corrected chi connectivity index (χ4v) is 2.52. The van der Waals surface area contributed by atoms with E-state index in [0.717, 1.165) is 6.20 Å². The molecule has 1 aromatic heterocycles. The number of carbonyl (C=O) groups excluding carboxylic acids is 1. The number of nitrogens with one attached hydrogen (secondary N) is 4. The number of H-pyrrole nitrogens is 2. The molecule has 0 bridgehead atoms. The Morgan fingerprint density at radius 2 is 1.86 bits per heavy atom. The number of urea groups is 1. The Morgan fingerprint density at radius 1 is 1.19 bits per heavy atom. The zero-order valence-corrected chi connectivity index (χ0v) is 12.0. The van der Waals surface area contributed by atoms with E-state index in [4.69, 9.17) is 0 Å². The van der Waals surface area contributed by atoms with Crippen LogP contribution in [0.1, 0.15) is 0 Å². The highest BCUT2D eigenvalue weighted by molar-refractivity contribution is 7.90. The molecule has 0 saturated heterocycles. The Hall–Kier alpha value is -2.46. The van der Waals surface area contributed by atoms with Gasteiger partial charge in [0.15, 0.2) is 9.67 Å². The van der Waals surface area contributed by atoms with Crippen LogP contribution in [0.2, 0.25) is 0 Å². The zero-order valence-electron chi connectivity index (χ0n) is 10.4. The Kier molecular flexibility index (Phi) is 4.19. The standard InChI is InChI=1S/C11H10N4O4S2/c16-9-8(6-12-11(20)14-9)21(18,19)15-10(17)13-7-4-2-1-3-5-7/h1-6H,(H2,13,15,17)(H2,12,14,16,20). The van der Waals surface area contributed by atoms with Crippen molar-refractivity contribution in [2.45, 2.75) is 4.90 Å². The van der Waals surface area contributed by atoms with E-state index in [1.165, 1.54) is 0 Å². The third-order valence-electron chi connectivity index (χ3n) is 2.33. The first-order valence-corrected chi connectivity index (χ1v) is 7.48. The molecule has 4 N–H and O–H groups in total. The monoisotopic (exact) mass is 326 g/mol. The zero-order chi connectivity index (χ0) is 15.5. The van der Waals surface area contributed by atoms with Gasteiger partial charge in [-0.3, -0.25) is 9.78 Å². The first-order chi connectivity index (χ1) is 9.88. The molecule has 10 heteroatoms. The molecule has 0 unspecified atom stereocenters. The van der Waals surface area contributed by atoms with Gasteiger partial charge in [-0.1, -0.05) is 18.2 Å². The Bertz CT molecular complexity index is 871. The maximum absolute atomic E-state index is 11.9. The van der Waals surface area contributed by atoms with E-state index in [9.17, 15) is 18.0 Å². The number of carbonyl (C=O) groups is 1. The molecule has 0 fully saturated rings. The Labute approximate surface area is 124 Å². The summed E-state index contributed by atoms with van der Waals surface area (Å²) in [6.45, 7) is 0. The summed E-state index contributed by atoms with van der Waals surface area (Å²) in [5.74, 6) is 0. The minimum atomic E-state index is -4.31. The molecule has 0 atom stereocenters. The van der Waals surface area contributed by atoms with Crippen LogP contribution in [0.5, 0.6) is 0 Å². The molecule has 1 heterocycles. The summed E-state index contributed by atoms with van der Waals surface area (Å²) in [6.07, 6.45) is 0.916. The number of rotatable bonds is 3. The third-order valence-corrected chi connectivity index (χ3v) is 3.89. The van der Waals surface area contributed by atoms with Gasteiger partial charge in [-0.05, 0) is 24.4 Å². The molecule has 110 valence electrons. The normalized spacial score (nSPS) is 10.9. The molecule has 0 spiro atoms. The fourth-order valence-electron chi connectivity index (χ4n) is 1.45. The van der Waals surface area contributed by atoms with Crippen molar-refractivity contribution >= 4 is 34.0 Å². The fraction of sp³-hybridized carbons (Fsp3) is 0. The maximum atomic E-state index is 11.9. The number of aromatic nitrogens is 2. The van der Waals surface area contributed by atoms with E-state index >= 15 is 0 Å². The first-order valence-electron chi connectivity index (χ1n) is 5.59. The summed E-state index contributed by atoms with van der Waals surface area (Å²) in [5.41, 5.74) is -0.509. The van der Waals surface area contributed by atoms with Crippen LogP contribution in [-0.4, -0.2) is 24.4 Å². The summed E-state index contributed by atoms with van der Waals surface area (Å²) >= 11 is 4.65. The van der Waals surface area contributed by atoms with Crippen LogP contribution < -0.4 is 15.6 Å². The van der Waals surface area contributed by atoms with Crippen LogP contribution in [0, 0.1) is 4.77 Å². The van der Waals surface area contributed by atoms with E-state index in [1.54, 1.807) is 35.1 Å². The molecule has 21 heavy (non-hydrogen) atoms. The number of anilines is 1. The second-order valence-corrected chi connectivity index (χ2v) is 5.92. The molecular formula is C11H10N4O4S2. The SMILES string of the molecule is O=C(Nc1ccccc1)NS(=O)(=O)c1c[nH]c(=S)[nH]c1=O. The molecule has 1 aromatic carbocycles. The minimum Gasteiger partial charge on any atom is -0.337 e. The van der Waals surface area contributed by atoms with Crippen molar-refractivity contribution in [3.05, 3.63) is 51.7 Å². The van der Waals surface area contributed by atoms with Crippen molar-refractivity contribution < 1.29 is 13.2 Å². The van der Waals surface area contributed by atoms with Crippen molar-refractivity contribution in [2.75, 3.05) is 5.32 Å². The van der Waals surface area contributed by atoms with Gasteiger partial charge in [0.25, 0.3) is 15.6 Å². The van der Waals surface area contributed by atoms with Crippen molar-refractivity contribution in [1.82, 2.24) is 14.7 Å². The predicted molar refractivity (Wildman–Crippen MR) is 78.0 cm³/mol. The molecular weight excluding hydrogens is 316 g/mol. The van der Waals surface area contributed by atoms with E-state index in [0.29, 0.717) is 5.69 Å². The van der Waals surface area contributed by atoms with Crippen molar-refractivity contribution in [3.8, 4) is 0 Å². The first kappa shape index (κ1) is 14.9. The van der Waals surface area contributed by atoms with Gasteiger partial charge >= 0.3 is 6.03 Å². The average molecular weight is 326 g/mol. The molecule has 2 aromatic rings. The van der Waals surface area contributed by atoms with Crippen molar-refractivity contribution in [1.29, 1.82) is 0 Å². The van der Waals surface area contributed by atoms with Gasteiger partial charge in [0, 0.05) is 11.9 Å². The van der Waals surface area contributed by atoms with Gasteiger partial charge in [0.05, 0.1) is 0 Å². The number of aromatic amines is 2. The topological polar surface area (TPSA) is 124 Å². The lowest BCUT2D eigenvalue weighted by Crippen LogP contribution is -2.37. The quantitative estimate of drug-likeness (QED) is 0.625. The lowest BCUT2D eigenvalue weighted by molar-refractivity contribution is 0.256. The smallest absolute Gasteiger partial charge is 0.333 e. The minimum absolute atomic E-state index is 0.0207. The van der Waals surface area contributed by atoms with Crippen LogP contribution in [0.15, 0.2) is 46.2 Å². The number of benzene rings is 1. The van der Waals surface area contributed by atoms with Crippen LogP contribution in [0.3, 0.4) is 0 Å². The molecule has 0 saturated carbocycles. The van der Waals surface area contributed by atoms with Gasteiger partial charge in [-0.2, -0.15) is 0 Å². The number of hydrogen-bond acceptors (Lipinski definition) is 5. The van der Waals surface area contributed by atoms with E-state index < -0.39 is 26.5 Å². The van der Waals surface area contributed by atoms with Gasteiger partial charge in [-0.15, -0.1) is 0 Å². The summed E-state index contributed by atoms with van der Waals surface area (Å²) in [5, 5.41) is 2.33. The Balaban J connectivity index is 2.19. The second-order valence-electron chi connectivity index (χ2n) is 3.86. The number of sulfonamides is 1. The lowest BCUT2D eigenvalue weighted by Gasteiger charge is -2.07. The van der Waals surface area contributed by atoms with Gasteiger partial charge in [0.1, 0.15) is 0 Å². The molecule has 0 aliphatic rings. The van der Waals surface area contributed by atoms with Crippen molar-refractivity contribution in [2.24, 2.45) is 0 Å². The molecule has 8 nitrogen and oxygen atoms in total. The third kappa shape index (κ3) is 3.77. The highest BCUT2D eigenvalue weighted by Crippen LogP contribution is 2.05. The molecule has 0 radical (unpaired) electrons. The van der Waals surface area contributed by atoms with Crippen LogP contribution in [-0.2, 0) is 10.0 Å². The van der Waals surface area contributed by atoms with Gasteiger partial charge < -0.3 is 10.3 Å². The van der Waals surface area contributed by atoms with Crippen molar-refractivity contribution in [3.63, 3.8) is 0 Å². The summed E-state index contributed by atoms with van der Waals surface area (Å²) < 4.78 is 25.5. The largest absolute Gasteiger partial charge is 0.337 e. The summed E-state index contributed by atoms with van der Waals surface area (Å²) in [6, 6.07) is 7.27. The number of amides is 2. The molecule has 2 amide bonds. The highest BCUT2D eigenvalue weighted by Gasteiger charge is 2.21. The van der Waals surface area contributed by atoms with E-state index in [2.05, 4.69) is 27.5 Å². The van der Waals surface area contributed by atoms with Gasteiger partial charge in [0.2, 0.25) is 0 Å². The Morgan fingerprint density at radius 3 is 2.48 bits per heavy atom. The maximum Gasteiger partial charge on any atom is 0.333 e. The molecule has 0 aliphatic heterocycles. The lowest BCUT2D eigenvalue weighted by atomic mass is 10.3. The van der Waals surface area contributed by atoms with E-state index in [-0.39, 0.29) is 4.77 Å². The number of hydrogen-bond donors (Lipinski definition) is 4. The predicted octanol–water partition coefficient (Wildman–Crippen LogP) is 0.943. The van der Waals surface area contributed by atoms with Crippen LogP contribution in [0.4, 0.5) is 10.5 Å². The van der Waals surface area contributed by atoms with Gasteiger partial charge in [-0.25, -0.2) is 17.9 Å². The van der Waals surface area contributed by atoms with Crippen LogP contribution in [0.25, 0.3) is 0 Å². The second kappa shape index (κ2) is 5.89. The number of para-hydroxylation sites is 1. The molecule has 2 rings (SSSR count). The average Bonchev–Trinajstić information content (AvgIpc) is 2.38. The summed E-state index contributed by atoms with van der Waals surface area (Å²) in [4.78, 5) is 27.0. The van der Waals surface area contributed by atoms with Crippen LogP contribution >= 0.6 is 12.2 Å². The highest BCUT2D eigenvalue weighted by atomic mass is 32.2. The molecule has 0 aliphatic carbocycles. The summed E-state index contributed by atoms with van der Waals surface area (Å²) in [7, 11) is -4.31. The van der Waals surface area contributed by atoms with E-state index in [1.807, 2.05) is 0 Å².